The third-order valence-corrected chi connectivity index (χ3v) is 1.64. The van der Waals surface area contributed by atoms with Gasteiger partial charge in [0, 0.05) is 5.69 Å². The van der Waals surface area contributed by atoms with Gasteiger partial charge in [-0.1, -0.05) is 12.1 Å². The van der Waals surface area contributed by atoms with Crippen LogP contribution < -0.4 is 16.9 Å². The number of nitrogens with one attached hydrogen (secondary N) is 1. The molecule has 0 aromatic heterocycles. The third-order valence-electron chi connectivity index (χ3n) is 1.64. The van der Waals surface area contributed by atoms with E-state index in [0.717, 1.165) is 5.56 Å². The lowest BCUT2D eigenvalue weighted by molar-refractivity contribution is 0.249. The molecular weight excluding hydrogens is 180 g/mol. The van der Waals surface area contributed by atoms with Gasteiger partial charge in [0.05, 0.1) is 5.71 Å². The molecular formula is C9H12N4O. The molecule has 5 nitrogen and oxygen atoms in total. The lowest BCUT2D eigenvalue weighted by atomic mass is 10.1. The summed E-state index contributed by atoms with van der Waals surface area (Å²) in [6, 6.07) is 6.51. The summed E-state index contributed by atoms with van der Waals surface area (Å²) in [4.78, 5) is 10.4. The Balaban J connectivity index is 2.83. The molecule has 5 N–H and O–H groups in total. The number of hydrogen-bond donors (Lipinski definition) is 3. The van der Waals surface area contributed by atoms with Crippen LogP contribution in [-0.4, -0.2) is 11.7 Å². The first kappa shape index (κ1) is 10.0. The van der Waals surface area contributed by atoms with E-state index in [4.69, 9.17) is 11.5 Å². The van der Waals surface area contributed by atoms with Crippen molar-refractivity contribution in [1.29, 1.82) is 0 Å². The van der Waals surface area contributed by atoms with Crippen LogP contribution in [0.25, 0.3) is 0 Å². The Labute approximate surface area is 81.8 Å². The van der Waals surface area contributed by atoms with Crippen LogP contribution in [0.5, 0.6) is 0 Å². The molecule has 0 aliphatic heterocycles. The highest BCUT2D eigenvalue weighted by molar-refractivity contribution is 5.99. The van der Waals surface area contributed by atoms with Crippen LogP contribution in [0.2, 0.25) is 0 Å². The molecule has 14 heavy (non-hydrogen) atoms. The number of hydrazone groups is 1. The summed E-state index contributed by atoms with van der Waals surface area (Å²) in [6.07, 6.45) is 0. The van der Waals surface area contributed by atoms with Crippen molar-refractivity contribution in [2.45, 2.75) is 6.92 Å². The van der Waals surface area contributed by atoms with Gasteiger partial charge in [-0.2, -0.15) is 5.10 Å². The fourth-order valence-electron chi connectivity index (χ4n) is 0.967. The molecule has 0 bridgehead atoms. The number of rotatable bonds is 2. The zero-order valence-corrected chi connectivity index (χ0v) is 7.82. The van der Waals surface area contributed by atoms with Gasteiger partial charge in [0.2, 0.25) is 0 Å². The fraction of sp³-hybridized carbons (Fsp3) is 0.111. The number of anilines is 1. The highest BCUT2D eigenvalue weighted by Crippen LogP contribution is 2.07. The summed E-state index contributed by atoms with van der Waals surface area (Å²) in [5.74, 6) is 0. The zero-order valence-electron chi connectivity index (χ0n) is 7.82. The normalized spacial score (nSPS) is 11.1. The fourth-order valence-corrected chi connectivity index (χ4v) is 0.967. The minimum absolute atomic E-state index is 0.649. The lowest BCUT2D eigenvalue weighted by Crippen LogP contribution is -2.25. The molecule has 1 aromatic rings. The smallest absolute Gasteiger partial charge is 0.332 e. The number of urea groups is 1. The van der Waals surface area contributed by atoms with Crippen molar-refractivity contribution in [2.24, 2.45) is 10.8 Å². The summed E-state index contributed by atoms with van der Waals surface area (Å²) >= 11 is 0. The number of carbonyl (C=O) groups excluding carboxylic acids is 1. The van der Waals surface area contributed by atoms with Gasteiger partial charge < -0.3 is 11.5 Å². The minimum Gasteiger partial charge on any atom is -0.399 e. The third kappa shape index (κ3) is 2.78. The van der Waals surface area contributed by atoms with E-state index in [-0.39, 0.29) is 0 Å². The van der Waals surface area contributed by atoms with Crippen molar-refractivity contribution in [2.75, 3.05) is 5.73 Å². The molecule has 0 radical (unpaired) electrons. The quantitative estimate of drug-likeness (QED) is 0.365. The van der Waals surface area contributed by atoms with Crippen LogP contribution in [0.15, 0.2) is 29.4 Å². The van der Waals surface area contributed by atoms with Gasteiger partial charge >= 0.3 is 6.03 Å². The standard InChI is InChI=1S/C9H12N4O/c1-6(12-13-9(11)14)7-3-2-4-8(10)5-7/h2-5H,10H2,1H3,(H3,11,13,14)/b12-6+. The molecule has 0 heterocycles. The Kier molecular flexibility index (Phi) is 3.06. The van der Waals surface area contributed by atoms with Crippen LogP contribution in [0.3, 0.4) is 0 Å². The van der Waals surface area contributed by atoms with Gasteiger partial charge in [-0.05, 0) is 24.6 Å². The minimum atomic E-state index is -0.687. The molecule has 0 aliphatic rings. The van der Waals surface area contributed by atoms with Gasteiger partial charge in [0.25, 0.3) is 0 Å². The Morgan fingerprint density at radius 1 is 1.50 bits per heavy atom. The highest BCUT2D eigenvalue weighted by atomic mass is 16.2. The second-order valence-electron chi connectivity index (χ2n) is 2.80. The maximum atomic E-state index is 10.4. The monoisotopic (exact) mass is 192 g/mol. The van der Waals surface area contributed by atoms with Gasteiger partial charge in [0.15, 0.2) is 0 Å². The predicted molar refractivity (Wildman–Crippen MR) is 55.8 cm³/mol. The van der Waals surface area contributed by atoms with Crippen LogP contribution in [0, 0.1) is 0 Å². The molecule has 0 aliphatic carbocycles. The largest absolute Gasteiger partial charge is 0.399 e. The number of carbonyl (C=O) groups is 1. The number of nitrogen functional groups attached to an aromatic ring is 1. The van der Waals surface area contributed by atoms with Gasteiger partial charge in [0.1, 0.15) is 0 Å². The molecule has 1 aromatic carbocycles. The van der Waals surface area contributed by atoms with Crippen molar-refractivity contribution < 1.29 is 4.79 Å². The maximum absolute atomic E-state index is 10.4. The summed E-state index contributed by atoms with van der Waals surface area (Å²) in [6.45, 7) is 1.75. The van der Waals surface area contributed by atoms with E-state index in [9.17, 15) is 4.79 Å². The molecule has 2 amide bonds. The first-order valence-electron chi connectivity index (χ1n) is 4.05. The van der Waals surface area contributed by atoms with Crippen molar-refractivity contribution in [3.05, 3.63) is 29.8 Å². The number of benzene rings is 1. The Hall–Kier alpha value is -2.04. The molecule has 0 atom stereocenters. The number of hydrogen-bond acceptors (Lipinski definition) is 3. The van der Waals surface area contributed by atoms with Crippen LogP contribution >= 0.6 is 0 Å². The molecule has 0 spiro atoms. The number of amides is 2. The maximum Gasteiger partial charge on any atom is 0.332 e. The highest BCUT2D eigenvalue weighted by Gasteiger charge is 1.97. The van der Waals surface area contributed by atoms with E-state index in [0.29, 0.717) is 11.4 Å². The first-order chi connectivity index (χ1) is 6.59. The number of primary amides is 1. The SMILES string of the molecule is C/C(=N\NC(N)=O)c1cccc(N)c1. The summed E-state index contributed by atoms with van der Waals surface area (Å²) < 4.78 is 0. The second-order valence-corrected chi connectivity index (χ2v) is 2.80. The summed E-state index contributed by atoms with van der Waals surface area (Å²) in [5, 5.41) is 3.77. The molecule has 0 saturated heterocycles. The first-order valence-corrected chi connectivity index (χ1v) is 4.05. The van der Waals surface area contributed by atoms with Crippen molar-refractivity contribution >= 4 is 17.4 Å². The van der Waals surface area contributed by atoms with Gasteiger partial charge in [-0.3, -0.25) is 0 Å². The average molecular weight is 192 g/mol. The predicted octanol–water partition coefficient (Wildman–Crippen LogP) is 0.661. The molecule has 0 saturated carbocycles. The lowest BCUT2D eigenvalue weighted by Gasteiger charge is -2.01. The van der Waals surface area contributed by atoms with Crippen LogP contribution in [-0.2, 0) is 0 Å². The molecule has 1 rings (SSSR count). The molecule has 74 valence electrons. The van der Waals surface area contributed by atoms with Crippen molar-refractivity contribution in [1.82, 2.24) is 5.43 Å². The van der Waals surface area contributed by atoms with E-state index in [1.54, 1.807) is 19.1 Å². The second kappa shape index (κ2) is 4.27. The van der Waals surface area contributed by atoms with E-state index >= 15 is 0 Å². The van der Waals surface area contributed by atoms with Crippen molar-refractivity contribution in [3.8, 4) is 0 Å². The molecule has 0 unspecified atom stereocenters. The number of nitrogens with two attached hydrogens (primary N) is 2. The average Bonchev–Trinajstić information content (AvgIpc) is 2.14. The number of nitrogens with zero attached hydrogens (tertiary/aromatic N) is 1. The van der Waals surface area contributed by atoms with Crippen molar-refractivity contribution in [3.63, 3.8) is 0 Å². The van der Waals surface area contributed by atoms with E-state index in [2.05, 4.69) is 10.5 Å². The van der Waals surface area contributed by atoms with E-state index in [1.165, 1.54) is 0 Å². The van der Waals surface area contributed by atoms with Crippen LogP contribution in [0.1, 0.15) is 12.5 Å². The summed E-state index contributed by atoms with van der Waals surface area (Å²) in [5.41, 5.74) is 14.7. The van der Waals surface area contributed by atoms with E-state index < -0.39 is 6.03 Å². The Bertz CT molecular complexity index is 373. The Morgan fingerprint density at radius 3 is 2.79 bits per heavy atom. The van der Waals surface area contributed by atoms with Crippen LogP contribution in [0.4, 0.5) is 10.5 Å². The topological polar surface area (TPSA) is 93.5 Å². The Morgan fingerprint density at radius 2 is 2.21 bits per heavy atom. The summed E-state index contributed by atoms with van der Waals surface area (Å²) in [7, 11) is 0. The van der Waals surface area contributed by atoms with Gasteiger partial charge in [-0.15, -0.1) is 0 Å². The zero-order chi connectivity index (χ0) is 10.6. The molecule has 5 heteroatoms. The van der Waals surface area contributed by atoms with Gasteiger partial charge in [-0.25, -0.2) is 10.2 Å². The molecule has 0 fully saturated rings. The van der Waals surface area contributed by atoms with E-state index in [1.807, 2.05) is 12.1 Å².